The van der Waals surface area contributed by atoms with E-state index in [0.717, 1.165) is 24.2 Å². The molecule has 82 valence electrons. The number of hydrogen-bond acceptors (Lipinski definition) is 3. The lowest BCUT2D eigenvalue weighted by Gasteiger charge is -2.42. The fraction of sp³-hybridized carbons (Fsp3) is 0.583. The number of nitrogens with zero attached hydrogens (tertiary/aromatic N) is 1. The zero-order valence-electron chi connectivity index (χ0n) is 9.23. The maximum Gasteiger partial charge on any atom is 0.137 e. The van der Waals surface area contributed by atoms with E-state index in [1.165, 1.54) is 0 Å². The Bertz CT molecular complexity index is 345. The van der Waals surface area contributed by atoms with Crippen molar-refractivity contribution < 1.29 is 9.84 Å². The lowest BCUT2D eigenvalue weighted by atomic mass is 9.69. The summed E-state index contributed by atoms with van der Waals surface area (Å²) in [5.74, 6) is 1.34. The lowest BCUT2D eigenvalue weighted by Crippen LogP contribution is -2.39. The second kappa shape index (κ2) is 3.81. The van der Waals surface area contributed by atoms with Crippen LogP contribution in [0.15, 0.2) is 18.5 Å². The molecule has 0 radical (unpaired) electrons. The fourth-order valence-electron chi connectivity index (χ4n) is 2.25. The predicted molar refractivity (Wildman–Crippen MR) is 57.7 cm³/mol. The molecule has 0 atom stereocenters. The summed E-state index contributed by atoms with van der Waals surface area (Å²) in [6, 6.07) is 1.89. The Labute approximate surface area is 90.1 Å². The highest BCUT2D eigenvalue weighted by atomic mass is 16.5. The van der Waals surface area contributed by atoms with Gasteiger partial charge in [0.1, 0.15) is 5.75 Å². The molecule has 1 heterocycles. The SMILES string of the molecule is CCOc1cncc(C2(O)CC(C)C2)c1. The first kappa shape index (κ1) is 10.4. The van der Waals surface area contributed by atoms with Gasteiger partial charge in [-0.05, 0) is 31.7 Å². The van der Waals surface area contributed by atoms with E-state index in [4.69, 9.17) is 4.74 Å². The van der Waals surface area contributed by atoms with E-state index in [-0.39, 0.29) is 0 Å². The summed E-state index contributed by atoms with van der Waals surface area (Å²) in [5.41, 5.74) is 0.214. The van der Waals surface area contributed by atoms with Gasteiger partial charge in [0.25, 0.3) is 0 Å². The molecule has 1 fully saturated rings. The van der Waals surface area contributed by atoms with Crippen LogP contribution in [0.3, 0.4) is 0 Å². The first-order chi connectivity index (χ1) is 7.14. The van der Waals surface area contributed by atoms with E-state index in [0.29, 0.717) is 12.5 Å². The van der Waals surface area contributed by atoms with Gasteiger partial charge in [-0.25, -0.2) is 0 Å². The van der Waals surface area contributed by atoms with Crippen molar-refractivity contribution in [1.29, 1.82) is 0 Å². The highest BCUT2D eigenvalue weighted by molar-refractivity contribution is 5.29. The van der Waals surface area contributed by atoms with Crippen molar-refractivity contribution in [2.75, 3.05) is 6.61 Å². The highest BCUT2D eigenvalue weighted by Gasteiger charge is 2.41. The second-order valence-electron chi connectivity index (χ2n) is 4.39. The van der Waals surface area contributed by atoms with Crippen LogP contribution in [0, 0.1) is 5.92 Å². The van der Waals surface area contributed by atoms with E-state index >= 15 is 0 Å². The number of pyridine rings is 1. The topological polar surface area (TPSA) is 42.4 Å². The monoisotopic (exact) mass is 207 g/mol. The number of ether oxygens (including phenoxy) is 1. The maximum absolute atomic E-state index is 10.2. The third kappa shape index (κ3) is 1.97. The maximum atomic E-state index is 10.2. The van der Waals surface area contributed by atoms with Gasteiger partial charge in [0.15, 0.2) is 0 Å². The van der Waals surface area contributed by atoms with Crippen LogP contribution in [0.2, 0.25) is 0 Å². The first-order valence-corrected chi connectivity index (χ1v) is 5.45. The van der Waals surface area contributed by atoms with Gasteiger partial charge in [0.2, 0.25) is 0 Å². The van der Waals surface area contributed by atoms with Crippen molar-refractivity contribution in [2.45, 2.75) is 32.3 Å². The van der Waals surface area contributed by atoms with E-state index in [9.17, 15) is 5.11 Å². The molecular formula is C12H17NO2. The average molecular weight is 207 g/mol. The molecule has 1 aromatic heterocycles. The Morgan fingerprint density at radius 2 is 2.27 bits per heavy atom. The van der Waals surface area contributed by atoms with Gasteiger partial charge in [0.05, 0.1) is 18.4 Å². The molecule has 1 aliphatic carbocycles. The number of rotatable bonds is 3. The van der Waals surface area contributed by atoms with Crippen LogP contribution in [0.1, 0.15) is 32.3 Å². The van der Waals surface area contributed by atoms with Crippen LogP contribution in [-0.4, -0.2) is 16.7 Å². The molecule has 0 aromatic carbocycles. The van der Waals surface area contributed by atoms with Gasteiger partial charge >= 0.3 is 0 Å². The Balaban J connectivity index is 2.18. The number of hydrogen-bond donors (Lipinski definition) is 1. The van der Waals surface area contributed by atoms with Gasteiger partial charge in [-0.3, -0.25) is 4.98 Å². The quantitative estimate of drug-likeness (QED) is 0.825. The van der Waals surface area contributed by atoms with Gasteiger partial charge in [-0.15, -0.1) is 0 Å². The lowest BCUT2D eigenvalue weighted by molar-refractivity contribution is -0.0742. The van der Waals surface area contributed by atoms with Crippen LogP contribution < -0.4 is 4.74 Å². The molecule has 1 aromatic rings. The summed E-state index contributed by atoms with van der Waals surface area (Å²) in [4.78, 5) is 4.09. The molecule has 0 spiro atoms. The highest BCUT2D eigenvalue weighted by Crippen LogP contribution is 2.45. The molecule has 0 unspecified atom stereocenters. The molecule has 1 N–H and O–H groups in total. The second-order valence-corrected chi connectivity index (χ2v) is 4.39. The standard InChI is InChI=1S/C12H17NO2/c1-3-15-11-4-10(7-13-8-11)12(14)5-9(2)6-12/h4,7-9,14H,3,5-6H2,1-2H3. The number of aromatic nitrogens is 1. The molecule has 1 aliphatic rings. The zero-order valence-corrected chi connectivity index (χ0v) is 9.23. The van der Waals surface area contributed by atoms with Gasteiger partial charge in [-0.2, -0.15) is 0 Å². The first-order valence-electron chi connectivity index (χ1n) is 5.45. The van der Waals surface area contributed by atoms with Crippen molar-refractivity contribution in [3.05, 3.63) is 24.0 Å². The third-order valence-electron chi connectivity index (χ3n) is 2.93. The van der Waals surface area contributed by atoms with Gasteiger partial charge in [0, 0.05) is 11.8 Å². The zero-order chi connectivity index (χ0) is 10.9. The van der Waals surface area contributed by atoms with Crippen molar-refractivity contribution in [3.63, 3.8) is 0 Å². The largest absolute Gasteiger partial charge is 0.492 e. The number of aliphatic hydroxyl groups is 1. The minimum atomic E-state index is -0.667. The van der Waals surface area contributed by atoms with Crippen molar-refractivity contribution in [3.8, 4) is 5.75 Å². The van der Waals surface area contributed by atoms with Crippen LogP contribution >= 0.6 is 0 Å². The molecule has 0 bridgehead atoms. The van der Waals surface area contributed by atoms with Crippen LogP contribution in [-0.2, 0) is 5.60 Å². The molecule has 2 rings (SSSR count). The summed E-state index contributed by atoms with van der Waals surface area (Å²) in [7, 11) is 0. The Morgan fingerprint density at radius 3 is 2.87 bits per heavy atom. The summed E-state index contributed by atoms with van der Waals surface area (Å²) >= 11 is 0. The summed E-state index contributed by atoms with van der Waals surface area (Å²) in [6.07, 6.45) is 5.06. The molecule has 3 nitrogen and oxygen atoms in total. The molecule has 0 aliphatic heterocycles. The van der Waals surface area contributed by atoms with Gasteiger partial charge in [-0.1, -0.05) is 6.92 Å². The minimum absolute atomic E-state index is 0.603. The van der Waals surface area contributed by atoms with Crippen LogP contribution in [0.5, 0.6) is 5.75 Å². The molecule has 15 heavy (non-hydrogen) atoms. The molecule has 3 heteroatoms. The van der Waals surface area contributed by atoms with E-state index in [1.807, 2.05) is 13.0 Å². The normalized spacial score (nSPS) is 29.7. The van der Waals surface area contributed by atoms with E-state index < -0.39 is 5.60 Å². The Hall–Kier alpha value is -1.09. The summed E-state index contributed by atoms with van der Waals surface area (Å²) < 4.78 is 5.36. The van der Waals surface area contributed by atoms with Crippen LogP contribution in [0.4, 0.5) is 0 Å². The summed E-state index contributed by atoms with van der Waals surface area (Å²) in [6.45, 7) is 4.71. The molecule has 1 saturated carbocycles. The van der Waals surface area contributed by atoms with E-state index in [1.54, 1.807) is 12.4 Å². The average Bonchev–Trinajstić information content (AvgIpc) is 2.17. The predicted octanol–water partition coefficient (Wildman–Crippen LogP) is 2.10. The van der Waals surface area contributed by atoms with E-state index in [2.05, 4.69) is 11.9 Å². The van der Waals surface area contributed by atoms with Crippen molar-refractivity contribution in [2.24, 2.45) is 5.92 Å². The Morgan fingerprint density at radius 1 is 1.53 bits per heavy atom. The van der Waals surface area contributed by atoms with Crippen molar-refractivity contribution in [1.82, 2.24) is 4.98 Å². The van der Waals surface area contributed by atoms with Crippen molar-refractivity contribution >= 4 is 0 Å². The minimum Gasteiger partial charge on any atom is -0.492 e. The third-order valence-corrected chi connectivity index (χ3v) is 2.93. The van der Waals surface area contributed by atoms with Crippen LogP contribution in [0.25, 0.3) is 0 Å². The fourth-order valence-corrected chi connectivity index (χ4v) is 2.25. The molecule has 0 saturated heterocycles. The Kier molecular flexibility index (Phi) is 2.65. The molecular weight excluding hydrogens is 190 g/mol. The molecule has 0 amide bonds. The summed E-state index contributed by atoms with van der Waals surface area (Å²) in [5, 5.41) is 10.2. The smallest absolute Gasteiger partial charge is 0.137 e. The van der Waals surface area contributed by atoms with Gasteiger partial charge < -0.3 is 9.84 Å².